The second-order valence-corrected chi connectivity index (χ2v) is 7.33. The summed E-state index contributed by atoms with van der Waals surface area (Å²) in [4.78, 5) is 24.8. The fraction of sp³-hybridized carbons (Fsp3) is 0.500. The molecule has 1 heterocycles. The topological polar surface area (TPSA) is 76.1 Å². The van der Waals surface area contributed by atoms with Crippen molar-refractivity contribution >= 4 is 28.0 Å². The van der Waals surface area contributed by atoms with Gasteiger partial charge in [0.2, 0.25) is 0 Å². The SMILES string of the molecule is CC(C)(C)OC(=O)N1C[C@@H](Oc2ccc(Br)cc2)C[C@H]1C(=O)O. The molecule has 0 aromatic heterocycles. The average molecular weight is 386 g/mol. The van der Waals surface area contributed by atoms with Crippen LogP contribution in [-0.4, -0.2) is 46.4 Å². The van der Waals surface area contributed by atoms with Crippen molar-refractivity contribution in [3.8, 4) is 5.75 Å². The van der Waals surface area contributed by atoms with Gasteiger partial charge in [0.1, 0.15) is 23.5 Å². The van der Waals surface area contributed by atoms with E-state index in [2.05, 4.69) is 15.9 Å². The number of carbonyl (C=O) groups is 2. The van der Waals surface area contributed by atoms with E-state index in [0.29, 0.717) is 5.75 Å². The number of benzene rings is 1. The third kappa shape index (κ3) is 4.86. The molecule has 1 aromatic rings. The molecule has 23 heavy (non-hydrogen) atoms. The van der Waals surface area contributed by atoms with Gasteiger partial charge in [0.05, 0.1) is 6.54 Å². The fourth-order valence-corrected chi connectivity index (χ4v) is 2.61. The second-order valence-electron chi connectivity index (χ2n) is 6.42. The van der Waals surface area contributed by atoms with Crippen molar-refractivity contribution in [1.29, 1.82) is 0 Å². The van der Waals surface area contributed by atoms with E-state index in [1.54, 1.807) is 32.9 Å². The molecule has 1 N–H and O–H groups in total. The Balaban J connectivity index is 2.06. The van der Waals surface area contributed by atoms with E-state index in [0.717, 1.165) is 4.47 Å². The lowest BCUT2D eigenvalue weighted by Gasteiger charge is -2.26. The Morgan fingerprint density at radius 1 is 1.26 bits per heavy atom. The molecule has 6 nitrogen and oxygen atoms in total. The third-order valence-electron chi connectivity index (χ3n) is 3.29. The summed E-state index contributed by atoms with van der Waals surface area (Å²) in [6, 6.07) is 6.31. The molecule has 2 rings (SSSR count). The van der Waals surface area contributed by atoms with Crippen LogP contribution in [0.15, 0.2) is 28.7 Å². The zero-order chi connectivity index (χ0) is 17.2. The molecule has 0 bridgehead atoms. The number of hydrogen-bond donors (Lipinski definition) is 1. The Morgan fingerprint density at radius 3 is 2.39 bits per heavy atom. The Kier molecular flexibility index (Phi) is 5.19. The summed E-state index contributed by atoms with van der Waals surface area (Å²) in [5.74, 6) is -0.425. The van der Waals surface area contributed by atoms with Crippen LogP contribution in [-0.2, 0) is 9.53 Å². The Labute approximate surface area is 143 Å². The van der Waals surface area contributed by atoms with Crippen molar-refractivity contribution < 1.29 is 24.2 Å². The van der Waals surface area contributed by atoms with Gasteiger partial charge in [0, 0.05) is 10.9 Å². The lowest BCUT2D eigenvalue weighted by Crippen LogP contribution is -2.43. The summed E-state index contributed by atoms with van der Waals surface area (Å²) in [6.45, 7) is 5.41. The molecule has 0 unspecified atom stereocenters. The highest BCUT2D eigenvalue weighted by Crippen LogP contribution is 2.26. The number of amides is 1. The van der Waals surface area contributed by atoms with Crippen molar-refractivity contribution in [3.63, 3.8) is 0 Å². The van der Waals surface area contributed by atoms with Gasteiger partial charge in [-0.15, -0.1) is 0 Å². The van der Waals surface area contributed by atoms with Gasteiger partial charge in [-0.25, -0.2) is 9.59 Å². The van der Waals surface area contributed by atoms with Gasteiger partial charge < -0.3 is 14.6 Å². The zero-order valence-electron chi connectivity index (χ0n) is 13.3. The molecule has 1 fully saturated rings. The van der Waals surface area contributed by atoms with E-state index in [4.69, 9.17) is 9.47 Å². The number of carboxylic acid groups (broad SMARTS) is 1. The highest BCUT2D eigenvalue weighted by atomic mass is 79.9. The van der Waals surface area contributed by atoms with Crippen molar-refractivity contribution in [2.75, 3.05) is 6.54 Å². The lowest BCUT2D eigenvalue weighted by molar-refractivity contribution is -0.142. The predicted octanol–water partition coefficient (Wildman–Crippen LogP) is 3.29. The van der Waals surface area contributed by atoms with E-state index in [1.165, 1.54) is 4.90 Å². The molecule has 1 aliphatic rings. The number of carboxylic acids is 1. The molecule has 1 aromatic carbocycles. The first-order valence-corrected chi connectivity index (χ1v) is 8.09. The number of aliphatic carboxylic acids is 1. The minimum atomic E-state index is -1.06. The van der Waals surface area contributed by atoms with E-state index < -0.39 is 23.7 Å². The monoisotopic (exact) mass is 385 g/mol. The predicted molar refractivity (Wildman–Crippen MR) is 87.5 cm³/mol. The summed E-state index contributed by atoms with van der Waals surface area (Å²) in [7, 11) is 0. The van der Waals surface area contributed by atoms with Gasteiger partial charge in [-0.05, 0) is 45.0 Å². The minimum Gasteiger partial charge on any atom is -0.488 e. The number of nitrogens with zero attached hydrogens (tertiary/aromatic N) is 1. The molecule has 0 aliphatic carbocycles. The van der Waals surface area contributed by atoms with E-state index in [-0.39, 0.29) is 19.1 Å². The van der Waals surface area contributed by atoms with Gasteiger partial charge >= 0.3 is 12.1 Å². The quantitative estimate of drug-likeness (QED) is 0.863. The molecule has 0 spiro atoms. The molecule has 7 heteroatoms. The van der Waals surface area contributed by atoms with E-state index in [9.17, 15) is 14.7 Å². The third-order valence-corrected chi connectivity index (χ3v) is 3.82. The second kappa shape index (κ2) is 6.78. The van der Waals surface area contributed by atoms with Crippen molar-refractivity contribution in [2.45, 2.75) is 44.9 Å². The largest absolute Gasteiger partial charge is 0.488 e. The maximum Gasteiger partial charge on any atom is 0.411 e. The summed E-state index contributed by atoms with van der Waals surface area (Å²) >= 11 is 3.34. The van der Waals surface area contributed by atoms with Crippen molar-refractivity contribution in [2.24, 2.45) is 0 Å². The molecule has 0 radical (unpaired) electrons. The summed E-state index contributed by atoms with van der Waals surface area (Å²) in [6.07, 6.45) is -0.790. The van der Waals surface area contributed by atoms with Gasteiger partial charge in [-0.2, -0.15) is 0 Å². The van der Waals surface area contributed by atoms with Crippen LogP contribution >= 0.6 is 15.9 Å². The van der Waals surface area contributed by atoms with Crippen LogP contribution < -0.4 is 4.74 Å². The number of hydrogen-bond acceptors (Lipinski definition) is 4. The minimum absolute atomic E-state index is 0.182. The number of carbonyl (C=O) groups excluding carboxylic acids is 1. The number of halogens is 1. The molecule has 0 saturated carbocycles. The highest BCUT2D eigenvalue weighted by Gasteiger charge is 2.42. The van der Waals surface area contributed by atoms with Gasteiger partial charge in [0.15, 0.2) is 0 Å². The van der Waals surface area contributed by atoms with Gasteiger partial charge in [-0.3, -0.25) is 4.90 Å². The van der Waals surface area contributed by atoms with Crippen LogP contribution in [0.2, 0.25) is 0 Å². The maximum atomic E-state index is 12.2. The number of rotatable bonds is 3. The summed E-state index contributed by atoms with van der Waals surface area (Å²) < 4.78 is 12.0. The van der Waals surface area contributed by atoms with Crippen LogP contribution in [0.1, 0.15) is 27.2 Å². The molecule has 1 saturated heterocycles. The van der Waals surface area contributed by atoms with Gasteiger partial charge in [-0.1, -0.05) is 15.9 Å². The molecular weight excluding hydrogens is 366 g/mol. The standard InChI is InChI=1S/C16H20BrNO5/c1-16(2,3)23-15(21)18-9-12(8-13(18)14(19)20)22-11-6-4-10(17)5-7-11/h4-7,12-13H,8-9H2,1-3H3,(H,19,20)/t12-,13-/m0/s1. The van der Waals surface area contributed by atoms with Gasteiger partial charge in [0.25, 0.3) is 0 Å². The number of ether oxygens (including phenoxy) is 2. The van der Waals surface area contributed by atoms with Crippen LogP contribution in [0.25, 0.3) is 0 Å². The summed E-state index contributed by atoms with van der Waals surface area (Å²) in [5.41, 5.74) is -0.676. The van der Waals surface area contributed by atoms with E-state index in [1.807, 2.05) is 12.1 Å². The number of likely N-dealkylation sites (tertiary alicyclic amines) is 1. The Bertz CT molecular complexity index is 581. The highest BCUT2D eigenvalue weighted by molar-refractivity contribution is 9.10. The smallest absolute Gasteiger partial charge is 0.411 e. The Hall–Kier alpha value is -1.76. The van der Waals surface area contributed by atoms with Crippen molar-refractivity contribution in [3.05, 3.63) is 28.7 Å². The van der Waals surface area contributed by atoms with Crippen LogP contribution in [0.3, 0.4) is 0 Å². The van der Waals surface area contributed by atoms with Crippen LogP contribution in [0.4, 0.5) is 4.79 Å². The van der Waals surface area contributed by atoms with E-state index >= 15 is 0 Å². The van der Waals surface area contributed by atoms with Crippen LogP contribution in [0, 0.1) is 0 Å². The normalized spacial score (nSPS) is 21.1. The lowest BCUT2D eigenvalue weighted by atomic mass is 10.2. The molecule has 2 atom stereocenters. The van der Waals surface area contributed by atoms with Crippen LogP contribution in [0.5, 0.6) is 5.75 Å². The molecular formula is C16H20BrNO5. The van der Waals surface area contributed by atoms with Crippen molar-refractivity contribution in [1.82, 2.24) is 4.90 Å². The zero-order valence-corrected chi connectivity index (χ0v) is 14.9. The molecule has 1 aliphatic heterocycles. The molecule has 126 valence electrons. The first-order valence-electron chi connectivity index (χ1n) is 7.30. The fourth-order valence-electron chi connectivity index (χ4n) is 2.34. The molecule has 1 amide bonds. The first-order chi connectivity index (χ1) is 10.7. The maximum absolute atomic E-state index is 12.2. The first kappa shape index (κ1) is 17.6. The summed E-state index contributed by atoms with van der Waals surface area (Å²) in [5, 5.41) is 9.34. The average Bonchev–Trinajstić information content (AvgIpc) is 2.84. The Morgan fingerprint density at radius 2 is 1.87 bits per heavy atom.